The molecule has 0 aliphatic carbocycles. The highest BCUT2D eigenvalue weighted by atomic mass is 32.2. The molecular weight excluding hydrogens is 346 g/mol. The molecule has 1 amide bonds. The molecule has 24 heavy (non-hydrogen) atoms. The largest absolute Gasteiger partial charge is 0.296 e. The summed E-state index contributed by atoms with van der Waals surface area (Å²) in [5.41, 5.74) is 0.135. The summed E-state index contributed by atoms with van der Waals surface area (Å²) in [5.74, 6) is -0.472. The van der Waals surface area contributed by atoms with E-state index in [1.54, 1.807) is 19.1 Å². The van der Waals surface area contributed by atoms with Crippen molar-refractivity contribution >= 4 is 32.2 Å². The number of hydrogen-bond acceptors (Lipinski definition) is 6. The van der Waals surface area contributed by atoms with Gasteiger partial charge in [-0.05, 0) is 25.0 Å². The van der Waals surface area contributed by atoms with E-state index in [1.165, 1.54) is 23.5 Å². The fourth-order valence-electron chi connectivity index (χ4n) is 2.20. The highest BCUT2D eigenvalue weighted by Gasteiger charge is 2.22. The highest BCUT2D eigenvalue weighted by molar-refractivity contribution is 7.91. The van der Waals surface area contributed by atoms with Crippen molar-refractivity contribution < 1.29 is 13.2 Å². The number of anilines is 1. The van der Waals surface area contributed by atoms with Crippen LogP contribution in [0.15, 0.2) is 29.2 Å². The summed E-state index contributed by atoms with van der Waals surface area (Å²) in [7, 11) is -3.48. The number of nitrogens with zero attached hydrogens (tertiary/aromatic N) is 2. The molecule has 0 unspecified atom stereocenters. The van der Waals surface area contributed by atoms with Gasteiger partial charge in [0.05, 0.1) is 16.2 Å². The molecule has 1 aromatic carbocycles. The van der Waals surface area contributed by atoms with E-state index >= 15 is 0 Å². The third kappa shape index (κ3) is 4.61. The summed E-state index contributed by atoms with van der Waals surface area (Å²) in [6.07, 6.45) is 3.39. The molecule has 2 rings (SSSR count). The van der Waals surface area contributed by atoms with Gasteiger partial charge in [0.15, 0.2) is 9.84 Å². The number of rotatable bonds is 8. The van der Waals surface area contributed by atoms with Crippen LogP contribution in [0.25, 0.3) is 0 Å². The molecule has 0 saturated heterocycles. The second kappa shape index (κ2) is 8.34. The van der Waals surface area contributed by atoms with Gasteiger partial charge < -0.3 is 0 Å². The Morgan fingerprint density at radius 1 is 1.17 bits per heavy atom. The number of nitrogens with one attached hydrogen (secondary N) is 1. The van der Waals surface area contributed by atoms with Crippen LogP contribution in [0.4, 0.5) is 5.13 Å². The van der Waals surface area contributed by atoms with Crippen LogP contribution in [-0.2, 0) is 16.3 Å². The predicted octanol–water partition coefficient (Wildman–Crippen LogP) is 3.32. The smallest absolute Gasteiger partial charge is 0.258 e. The Bertz CT molecular complexity index is 800. The molecule has 1 heterocycles. The minimum absolute atomic E-state index is 0.0112. The SMILES string of the molecule is CCCCc1nnc(NC(=O)c2ccccc2S(=O)(=O)CCC)s1. The van der Waals surface area contributed by atoms with Gasteiger partial charge in [-0.1, -0.05) is 43.7 Å². The van der Waals surface area contributed by atoms with E-state index in [-0.39, 0.29) is 16.2 Å². The zero-order chi connectivity index (χ0) is 17.6. The van der Waals surface area contributed by atoms with E-state index in [9.17, 15) is 13.2 Å². The van der Waals surface area contributed by atoms with Crippen molar-refractivity contribution in [2.75, 3.05) is 11.1 Å². The van der Waals surface area contributed by atoms with Gasteiger partial charge in [0, 0.05) is 6.42 Å². The first-order chi connectivity index (χ1) is 11.5. The van der Waals surface area contributed by atoms with Gasteiger partial charge in [0.1, 0.15) is 5.01 Å². The number of carbonyl (C=O) groups is 1. The zero-order valence-electron chi connectivity index (χ0n) is 13.8. The number of benzene rings is 1. The number of aryl methyl sites for hydroxylation is 1. The van der Waals surface area contributed by atoms with E-state index in [1.807, 2.05) is 0 Å². The molecule has 130 valence electrons. The lowest BCUT2D eigenvalue weighted by Crippen LogP contribution is -2.17. The molecule has 0 aliphatic rings. The topological polar surface area (TPSA) is 89.0 Å². The van der Waals surface area contributed by atoms with Crippen molar-refractivity contribution in [2.45, 2.75) is 44.4 Å². The number of sulfone groups is 1. The maximum atomic E-state index is 12.5. The summed E-state index contributed by atoms with van der Waals surface area (Å²) in [4.78, 5) is 12.5. The van der Waals surface area contributed by atoms with Gasteiger partial charge in [-0.15, -0.1) is 10.2 Å². The van der Waals surface area contributed by atoms with Crippen LogP contribution in [0.3, 0.4) is 0 Å². The normalized spacial score (nSPS) is 11.4. The number of hydrogen-bond donors (Lipinski definition) is 1. The molecule has 0 aliphatic heterocycles. The van der Waals surface area contributed by atoms with Crippen LogP contribution >= 0.6 is 11.3 Å². The lowest BCUT2D eigenvalue weighted by molar-refractivity contribution is 0.102. The van der Waals surface area contributed by atoms with Crippen LogP contribution in [0.1, 0.15) is 48.5 Å². The second-order valence-electron chi connectivity index (χ2n) is 5.37. The first-order valence-corrected chi connectivity index (χ1v) is 10.4. The standard InChI is InChI=1S/C16H21N3O3S2/c1-3-5-10-14-18-19-16(23-14)17-15(20)12-8-6-7-9-13(12)24(21,22)11-4-2/h6-9H,3-5,10-11H2,1-2H3,(H,17,19,20). The van der Waals surface area contributed by atoms with Crippen molar-refractivity contribution in [1.29, 1.82) is 0 Å². The predicted molar refractivity (Wildman–Crippen MR) is 95.3 cm³/mol. The van der Waals surface area contributed by atoms with Crippen molar-refractivity contribution in [3.63, 3.8) is 0 Å². The Morgan fingerprint density at radius 2 is 1.92 bits per heavy atom. The quantitative estimate of drug-likeness (QED) is 0.773. The minimum Gasteiger partial charge on any atom is -0.296 e. The van der Waals surface area contributed by atoms with Crippen LogP contribution in [0, 0.1) is 0 Å². The molecule has 0 atom stereocenters. The van der Waals surface area contributed by atoms with Crippen LogP contribution in [-0.4, -0.2) is 30.3 Å². The minimum atomic E-state index is -3.48. The number of carbonyl (C=O) groups excluding carboxylic acids is 1. The van der Waals surface area contributed by atoms with Gasteiger partial charge in [0.2, 0.25) is 5.13 Å². The van der Waals surface area contributed by atoms with Crippen LogP contribution in [0.2, 0.25) is 0 Å². The fourth-order valence-corrected chi connectivity index (χ4v) is 4.52. The van der Waals surface area contributed by atoms with Crippen LogP contribution in [0.5, 0.6) is 0 Å². The maximum Gasteiger partial charge on any atom is 0.258 e. The summed E-state index contributed by atoms with van der Waals surface area (Å²) in [5, 5.41) is 11.9. The van der Waals surface area contributed by atoms with E-state index < -0.39 is 15.7 Å². The first-order valence-electron chi connectivity index (χ1n) is 7.93. The number of aromatic nitrogens is 2. The molecular formula is C16H21N3O3S2. The monoisotopic (exact) mass is 367 g/mol. The molecule has 2 aromatic rings. The molecule has 6 nitrogen and oxygen atoms in total. The lowest BCUT2D eigenvalue weighted by atomic mass is 10.2. The van der Waals surface area contributed by atoms with Gasteiger partial charge in [-0.3, -0.25) is 10.1 Å². The molecule has 0 saturated carbocycles. The second-order valence-corrected chi connectivity index (χ2v) is 8.51. The van der Waals surface area contributed by atoms with Crippen molar-refractivity contribution in [3.05, 3.63) is 34.8 Å². The summed E-state index contributed by atoms with van der Waals surface area (Å²) < 4.78 is 24.7. The Morgan fingerprint density at radius 3 is 2.62 bits per heavy atom. The Kier molecular flexibility index (Phi) is 6.44. The number of amides is 1. The third-order valence-electron chi connectivity index (χ3n) is 3.37. The lowest BCUT2D eigenvalue weighted by Gasteiger charge is -2.09. The van der Waals surface area contributed by atoms with E-state index in [0.717, 1.165) is 24.3 Å². The Balaban J connectivity index is 2.20. The average Bonchev–Trinajstić information content (AvgIpc) is 3.00. The van der Waals surface area contributed by atoms with Gasteiger partial charge >= 0.3 is 0 Å². The third-order valence-corrected chi connectivity index (χ3v) is 6.24. The molecule has 0 radical (unpaired) electrons. The molecule has 0 fully saturated rings. The zero-order valence-corrected chi connectivity index (χ0v) is 15.4. The van der Waals surface area contributed by atoms with Crippen molar-refractivity contribution in [3.8, 4) is 0 Å². The van der Waals surface area contributed by atoms with Crippen molar-refractivity contribution in [2.24, 2.45) is 0 Å². The van der Waals surface area contributed by atoms with Gasteiger partial charge in [-0.2, -0.15) is 0 Å². The van der Waals surface area contributed by atoms with Gasteiger partial charge in [-0.25, -0.2) is 8.42 Å². The highest BCUT2D eigenvalue weighted by Crippen LogP contribution is 2.21. The van der Waals surface area contributed by atoms with Gasteiger partial charge in [0.25, 0.3) is 5.91 Å². The Labute approximate surface area is 146 Å². The summed E-state index contributed by atoms with van der Waals surface area (Å²) in [6.45, 7) is 3.89. The summed E-state index contributed by atoms with van der Waals surface area (Å²) in [6, 6.07) is 6.24. The van der Waals surface area contributed by atoms with E-state index in [0.29, 0.717) is 11.6 Å². The number of unbranched alkanes of at least 4 members (excludes halogenated alkanes) is 1. The van der Waals surface area contributed by atoms with Crippen molar-refractivity contribution in [1.82, 2.24) is 10.2 Å². The average molecular weight is 367 g/mol. The molecule has 8 heteroatoms. The maximum absolute atomic E-state index is 12.5. The van der Waals surface area contributed by atoms with E-state index in [4.69, 9.17) is 0 Å². The summed E-state index contributed by atoms with van der Waals surface area (Å²) >= 11 is 1.32. The molecule has 1 aromatic heterocycles. The first kappa shape index (κ1) is 18.5. The van der Waals surface area contributed by atoms with Crippen LogP contribution < -0.4 is 5.32 Å². The fraction of sp³-hybridized carbons (Fsp3) is 0.438. The van der Waals surface area contributed by atoms with E-state index in [2.05, 4.69) is 22.4 Å². The Hall–Kier alpha value is -1.80. The molecule has 0 bridgehead atoms. The molecule has 1 N–H and O–H groups in total. The molecule has 0 spiro atoms.